The molecule has 0 aliphatic heterocycles. The molecule has 0 aromatic carbocycles. The number of pyridine rings is 1. The van der Waals surface area contributed by atoms with Crippen molar-refractivity contribution in [1.29, 1.82) is 0 Å². The second kappa shape index (κ2) is 6.05. The molecule has 0 saturated heterocycles. The number of nitrogens with zero attached hydrogens (tertiary/aromatic N) is 3. The van der Waals surface area contributed by atoms with Crippen molar-refractivity contribution in [2.24, 2.45) is 0 Å². The van der Waals surface area contributed by atoms with Crippen molar-refractivity contribution in [3.63, 3.8) is 0 Å². The minimum atomic E-state index is -0.135. The largest absolute Gasteiger partial charge is 0.346 e. The molecule has 3 aromatic heterocycles. The minimum Gasteiger partial charge on any atom is -0.346 e. The molecule has 0 spiro atoms. The molecule has 6 heteroatoms. The second-order valence-electron chi connectivity index (χ2n) is 4.76. The Hall–Kier alpha value is -2.21. The van der Waals surface area contributed by atoms with Crippen LogP contribution in [0.5, 0.6) is 0 Å². The van der Waals surface area contributed by atoms with E-state index in [2.05, 4.69) is 22.3 Å². The molecule has 3 rings (SSSR count). The molecule has 0 aliphatic carbocycles. The van der Waals surface area contributed by atoms with Gasteiger partial charge >= 0.3 is 0 Å². The van der Waals surface area contributed by atoms with Gasteiger partial charge in [-0.3, -0.25) is 4.79 Å². The molecule has 0 bridgehead atoms. The van der Waals surface area contributed by atoms with Crippen LogP contribution in [-0.2, 0) is 13.0 Å². The molecule has 1 amide bonds. The van der Waals surface area contributed by atoms with E-state index in [9.17, 15) is 4.79 Å². The van der Waals surface area contributed by atoms with Crippen LogP contribution in [0.15, 0.2) is 36.0 Å². The predicted molar refractivity (Wildman–Crippen MR) is 82.5 cm³/mol. The number of aryl methyl sites for hydroxylation is 1. The average Bonchev–Trinajstić information content (AvgIpc) is 3.12. The van der Waals surface area contributed by atoms with E-state index < -0.39 is 0 Å². The van der Waals surface area contributed by atoms with Gasteiger partial charge in [0.05, 0.1) is 16.7 Å². The van der Waals surface area contributed by atoms with Gasteiger partial charge in [0.2, 0.25) is 0 Å². The van der Waals surface area contributed by atoms with Gasteiger partial charge in [0.15, 0.2) is 0 Å². The van der Waals surface area contributed by atoms with Crippen LogP contribution in [-0.4, -0.2) is 20.5 Å². The third-order valence-electron chi connectivity index (χ3n) is 3.19. The maximum Gasteiger partial charge on any atom is 0.271 e. The van der Waals surface area contributed by atoms with E-state index in [1.165, 1.54) is 11.3 Å². The highest BCUT2D eigenvalue weighted by molar-refractivity contribution is 7.09. The Kier molecular flexibility index (Phi) is 3.96. The van der Waals surface area contributed by atoms with Crippen molar-refractivity contribution in [2.75, 3.05) is 0 Å². The van der Waals surface area contributed by atoms with Crippen molar-refractivity contribution >= 4 is 22.8 Å². The van der Waals surface area contributed by atoms with Crippen molar-refractivity contribution in [2.45, 2.75) is 26.3 Å². The molecule has 21 heavy (non-hydrogen) atoms. The number of hydrogen-bond acceptors (Lipinski definition) is 4. The number of nitrogens with one attached hydrogen (secondary N) is 1. The number of rotatable bonds is 5. The van der Waals surface area contributed by atoms with E-state index in [1.807, 2.05) is 29.8 Å². The van der Waals surface area contributed by atoms with Crippen molar-refractivity contribution in [3.8, 4) is 0 Å². The van der Waals surface area contributed by atoms with Crippen LogP contribution in [0.1, 0.15) is 34.4 Å². The van der Waals surface area contributed by atoms with Gasteiger partial charge in [-0.15, -0.1) is 11.3 Å². The van der Waals surface area contributed by atoms with E-state index >= 15 is 0 Å². The van der Waals surface area contributed by atoms with E-state index in [4.69, 9.17) is 0 Å². The maximum absolute atomic E-state index is 12.1. The number of amides is 1. The number of thiazole rings is 1. The summed E-state index contributed by atoms with van der Waals surface area (Å²) in [6.45, 7) is 2.55. The maximum atomic E-state index is 12.1. The van der Waals surface area contributed by atoms with Crippen LogP contribution in [0.25, 0.3) is 5.52 Å². The van der Waals surface area contributed by atoms with Gasteiger partial charge in [0.1, 0.15) is 5.69 Å². The number of aromatic nitrogens is 3. The summed E-state index contributed by atoms with van der Waals surface area (Å²) in [5, 5.41) is 9.98. The smallest absolute Gasteiger partial charge is 0.271 e. The zero-order valence-corrected chi connectivity index (χ0v) is 12.6. The third kappa shape index (κ3) is 2.95. The molecule has 108 valence electrons. The topological polar surface area (TPSA) is 59.3 Å². The highest BCUT2D eigenvalue weighted by Crippen LogP contribution is 2.13. The molecule has 0 saturated carbocycles. The van der Waals surface area contributed by atoms with Crippen LogP contribution < -0.4 is 5.32 Å². The quantitative estimate of drug-likeness (QED) is 0.788. The Bertz CT molecular complexity index is 762. The zero-order valence-electron chi connectivity index (χ0n) is 11.7. The first-order valence-electron chi connectivity index (χ1n) is 6.91. The lowest BCUT2D eigenvalue weighted by molar-refractivity contribution is 0.0946. The van der Waals surface area contributed by atoms with E-state index in [-0.39, 0.29) is 5.91 Å². The van der Waals surface area contributed by atoms with Crippen LogP contribution in [0.2, 0.25) is 0 Å². The van der Waals surface area contributed by atoms with Crippen LogP contribution >= 0.6 is 11.3 Å². The van der Waals surface area contributed by atoms with E-state index in [1.54, 1.807) is 10.7 Å². The monoisotopic (exact) mass is 300 g/mol. The fourth-order valence-corrected chi connectivity index (χ4v) is 3.01. The first kappa shape index (κ1) is 13.8. The normalized spacial score (nSPS) is 10.9. The lowest BCUT2D eigenvalue weighted by atomic mass is 10.2. The van der Waals surface area contributed by atoms with Crippen molar-refractivity contribution < 1.29 is 4.79 Å². The van der Waals surface area contributed by atoms with Gasteiger partial charge in [-0.1, -0.05) is 13.0 Å². The van der Waals surface area contributed by atoms with E-state index in [0.29, 0.717) is 12.2 Å². The Labute approximate surface area is 126 Å². The number of hydrogen-bond donors (Lipinski definition) is 1. The summed E-state index contributed by atoms with van der Waals surface area (Å²) in [5.74, 6) is -0.135. The summed E-state index contributed by atoms with van der Waals surface area (Å²) in [5.41, 5.74) is 2.50. The van der Waals surface area contributed by atoms with Gasteiger partial charge in [-0.2, -0.15) is 5.10 Å². The molecule has 0 atom stereocenters. The van der Waals surface area contributed by atoms with Crippen LogP contribution in [0.4, 0.5) is 0 Å². The molecule has 0 unspecified atom stereocenters. The molecule has 5 nitrogen and oxygen atoms in total. The average molecular weight is 300 g/mol. The number of carbonyl (C=O) groups excluding carboxylic acids is 1. The molecule has 1 N–H and O–H groups in total. The summed E-state index contributed by atoms with van der Waals surface area (Å²) < 4.78 is 1.80. The fraction of sp³-hybridized carbons (Fsp3) is 0.267. The van der Waals surface area contributed by atoms with Crippen LogP contribution in [0.3, 0.4) is 0 Å². The van der Waals surface area contributed by atoms with E-state index in [0.717, 1.165) is 28.9 Å². The summed E-state index contributed by atoms with van der Waals surface area (Å²) in [6.07, 6.45) is 5.63. The molecule has 3 heterocycles. The molecule has 0 fully saturated rings. The molecule has 0 radical (unpaired) electrons. The fourth-order valence-electron chi connectivity index (χ4n) is 2.13. The van der Waals surface area contributed by atoms with Crippen molar-refractivity contribution in [1.82, 2.24) is 19.9 Å². The predicted octanol–water partition coefficient (Wildman–Crippen LogP) is 2.67. The Morgan fingerprint density at radius 2 is 2.33 bits per heavy atom. The van der Waals surface area contributed by atoms with Gasteiger partial charge in [0, 0.05) is 23.7 Å². The highest BCUT2D eigenvalue weighted by atomic mass is 32.1. The van der Waals surface area contributed by atoms with Crippen LogP contribution in [0, 0.1) is 0 Å². The molecule has 0 aliphatic rings. The Balaban J connectivity index is 1.67. The molecule has 3 aromatic rings. The molecular weight excluding hydrogens is 284 g/mol. The third-order valence-corrected chi connectivity index (χ3v) is 4.10. The SMILES string of the molecule is CCCc1nc(C(=O)NCc2cnn3ccccc23)cs1. The summed E-state index contributed by atoms with van der Waals surface area (Å²) in [4.78, 5) is 16.4. The van der Waals surface area contributed by atoms with Gasteiger partial charge in [0.25, 0.3) is 5.91 Å². The van der Waals surface area contributed by atoms with Crippen molar-refractivity contribution in [3.05, 3.63) is 52.2 Å². The number of fused-ring (bicyclic) bond motifs is 1. The summed E-state index contributed by atoms with van der Waals surface area (Å²) >= 11 is 1.54. The Morgan fingerprint density at radius 3 is 3.19 bits per heavy atom. The zero-order chi connectivity index (χ0) is 14.7. The summed E-state index contributed by atoms with van der Waals surface area (Å²) in [6, 6.07) is 5.86. The molecular formula is C15H16N4OS. The Morgan fingerprint density at radius 1 is 1.43 bits per heavy atom. The second-order valence-corrected chi connectivity index (χ2v) is 5.70. The van der Waals surface area contributed by atoms with Gasteiger partial charge in [-0.05, 0) is 25.0 Å². The first-order chi connectivity index (χ1) is 10.3. The number of carbonyl (C=O) groups is 1. The minimum absolute atomic E-state index is 0.135. The lowest BCUT2D eigenvalue weighted by Gasteiger charge is -2.01. The standard InChI is InChI=1S/C15H16N4OS/c1-2-5-14-18-12(10-21-14)15(20)16-8-11-9-17-19-7-4-3-6-13(11)19/h3-4,6-7,9-10H,2,5,8H2,1H3,(H,16,20). The first-order valence-corrected chi connectivity index (χ1v) is 7.79. The van der Waals surface area contributed by atoms with Gasteiger partial charge in [-0.25, -0.2) is 9.50 Å². The van der Waals surface area contributed by atoms with Gasteiger partial charge < -0.3 is 5.32 Å². The lowest BCUT2D eigenvalue weighted by Crippen LogP contribution is -2.23. The highest BCUT2D eigenvalue weighted by Gasteiger charge is 2.11. The summed E-state index contributed by atoms with van der Waals surface area (Å²) in [7, 11) is 0.